The summed E-state index contributed by atoms with van der Waals surface area (Å²) in [7, 11) is 1.69. The molecule has 2 aromatic rings. The molecule has 16 heavy (non-hydrogen) atoms. The summed E-state index contributed by atoms with van der Waals surface area (Å²) in [5.74, 6) is 0.216. The van der Waals surface area contributed by atoms with Gasteiger partial charge in [0.1, 0.15) is 5.75 Å². The summed E-state index contributed by atoms with van der Waals surface area (Å²) in [5.41, 5.74) is 2.15. The zero-order chi connectivity index (χ0) is 11.4. The highest BCUT2D eigenvalue weighted by Crippen LogP contribution is 2.19. The van der Waals surface area contributed by atoms with Crippen LogP contribution in [-0.2, 0) is 0 Å². The van der Waals surface area contributed by atoms with Gasteiger partial charge >= 0.3 is 0 Å². The zero-order valence-electron chi connectivity index (χ0n) is 8.96. The van der Waals surface area contributed by atoms with Crippen LogP contribution in [0.3, 0.4) is 0 Å². The number of phenols is 1. The van der Waals surface area contributed by atoms with Crippen LogP contribution in [0.25, 0.3) is 0 Å². The maximum absolute atomic E-state index is 9.76. The van der Waals surface area contributed by atoms with Crippen molar-refractivity contribution in [2.24, 2.45) is 4.99 Å². The van der Waals surface area contributed by atoms with Crippen LogP contribution in [0.15, 0.2) is 53.7 Å². The van der Waals surface area contributed by atoms with Gasteiger partial charge in [0.25, 0.3) is 0 Å². The molecule has 0 aliphatic heterocycles. The fourth-order valence-corrected chi connectivity index (χ4v) is 1.55. The molecule has 1 aromatic heterocycles. The molecule has 1 aromatic carbocycles. The number of aromatic hydroxyl groups is 1. The lowest BCUT2D eigenvalue weighted by Gasteiger charge is -2.06. The average Bonchev–Trinajstić information content (AvgIpc) is 2.34. The Balaban J connectivity index is 2.51. The van der Waals surface area contributed by atoms with Gasteiger partial charge in [-0.2, -0.15) is 0 Å². The van der Waals surface area contributed by atoms with E-state index >= 15 is 0 Å². The molecule has 0 saturated carbocycles. The van der Waals surface area contributed by atoms with Gasteiger partial charge in [0.15, 0.2) is 0 Å². The van der Waals surface area contributed by atoms with E-state index in [1.165, 1.54) is 0 Å². The van der Waals surface area contributed by atoms with Crippen LogP contribution in [0.2, 0.25) is 0 Å². The molecule has 0 saturated heterocycles. The molecule has 1 heterocycles. The highest BCUT2D eigenvalue weighted by Gasteiger charge is 2.10. The van der Waals surface area contributed by atoms with Crippen LogP contribution < -0.4 is 0 Å². The molecule has 0 amide bonds. The first-order valence-corrected chi connectivity index (χ1v) is 4.99. The lowest BCUT2D eigenvalue weighted by Crippen LogP contribution is -2.05. The number of hydrogen-bond acceptors (Lipinski definition) is 3. The Kier molecular flexibility index (Phi) is 2.96. The Hall–Kier alpha value is -2.16. The van der Waals surface area contributed by atoms with Gasteiger partial charge in [0, 0.05) is 18.8 Å². The Morgan fingerprint density at radius 1 is 1.12 bits per heavy atom. The highest BCUT2D eigenvalue weighted by molar-refractivity contribution is 6.13. The third kappa shape index (κ3) is 1.93. The van der Waals surface area contributed by atoms with Crippen LogP contribution in [0, 0.1) is 0 Å². The molecule has 0 spiro atoms. The van der Waals surface area contributed by atoms with Crippen molar-refractivity contribution in [3.63, 3.8) is 0 Å². The average molecular weight is 212 g/mol. The molecule has 3 heteroatoms. The molecule has 80 valence electrons. The van der Waals surface area contributed by atoms with Crippen LogP contribution in [-0.4, -0.2) is 22.8 Å². The van der Waals surface area contributed by atoms with Gasteiger partial charge in [-0.1, -0.05) is 18.2 Å². The largest absolute Gasteiger partial charge is 0.507 e. The molecule has 0 fully saturated rings. The van der Waals surface area contributed by atoms with E-state index in [2.05, 4.69) is 9.98 Å². The first-order chi connectivity index (χ1) is 7.83. The molecule has 0 aliphatic carbocycles. The van der Waals surface area contributed by atoms with Crippen molar-refractivity contribution in [3.8, 4) is 5.75 Å². The third-order valence-electron chi connectivity index (χ3n) is 2.29. The van der Waals surface area contributed by atoms with Gasteiger partial charge in [-0.05, 0) is 24.3 Å². The van der Waals surface area contributed by atoms with Gasteiger partial charge in [0.05, 0.1) is 11.4 Å². The fraction of sp³-hybridized carbons (Fsp3) is 0.0769. The first-order valence-electron chi connectivity index (χ1n) is 4.99. The quantitative estimate of drug-likeness (QED) is 0.776. The van der Waals surface area contributed by atoms with Crippen LogP contribution in [0.4, 0.5) is 0 Å². The summed E-state index contributed by atoms with van der Waals surface area (Å²) in [5, 5.41) is 9.76. The number of benzene rings is 1. The number of aliphatic imine (C=N–C) groups is 1. The summed E-state index contributed by atoms with van der Waals surface area (Å²) in [4.78, 5) is 8.41. The van der Waals surface area contributed by atoms with Gasteiger partial charge in [-0.3, -0.25) is 9.98 Å². The molecule has 0 aliphatic rings. The van der Waals surface area contributed by atoms with Gasteiger partial charge in [-0.25, -0.2) is 0 Å². The van der Waals surface area contributed by atoms with Crippen molar-refractivity contribution < 1.29 is 5.11 Å². The molecule has 0 unspecified atom stereocenters. The molecule has 0 bridgehead atoms. The minimum atomic E-state index is 0.216. The van der Waals surface area contributed by atoms with Crippen LogP contribution in [0.1, 0.15) is 11.3 Å². The van der Waals surface area contributed by atoms with E-state index in [0.29, 0.717) is 11.3 Å². The molecule has 0 atom stereocenters. The minimum Gasteiger partial charge on any atom is -0.507 e. The van der Waals surface area contributed by atoms with E-state index in [4.69, 9.17) is 0 Å². The Morgan fingerprint density at radius 3 is 2.50 bits per heavy atom. The molecule has 2 rings (SSSR count). The predicted molar refractivity (Wildman–Crippen MR) is 63.9 cm³/mol. The Morgan fingerprint density at radius 2 is 1.88 bits per heavy atom. The highest BCUT2D eigenvalue weighted by atomic mass is 16.3. The molecule has 3 nitrogen and oxygen atoms in total. The van der Waals surface area contributed by atoms with Gasteiger partial charge in [0.2, 0.25) is 0 Å². The standard InChI is InChI=1S/C13H12N2O/c1-14-13(11-7-4-5-9-15-11)10-6-2-3-8-12(10)16/h2-9,16H,1H3. The number of nitrogens with zero attached hydrogens (tertiary/aromatic N) is 2. The predicted octanol–water partition coefficient (Wildman–Crippen LogP) is 2.25. The zero-order valence-corrected chi connectivity index (χ0v) is 8.96. The normalized spacial score (nSPS) is 11.4. The smallest absolute Gasteiger partial charge is 0.125 e. The van der Waals surface area contributed by atoms with Crippen molar-refractivity contribution in [2.45, 2.75) is 0 Å². The maximum Gasteiger partial charge on any atom is 0.125 e. The van der Waals surface area contributed by atoms with Gasteiger partial charge in [-0.15, -0.1) is 0 Å². The first kappa shape index (κ1) is 10.4. The van der Waals surface area contributed by atoms with Crippen molar-refractivity contribution >= 4 is 5.71 Å². The second kappa shape index (κ2) is 4.57. The van der Waals surface area contributed by atoms with Crippen molar-refractivity contribution in [1.29, 1.82) is 0 Å². The van der Waals surface area contributed by atoms with E-state index in [1.807, 2.05) is 30.3 Å². The van der Waals surface area contributed by atoms with Gasteiger partial charge < -0.3 is 5.11 Å². The SMILES string of the molecule is CN=C(c1ccccn1)c1ccccc1O. The molecule has 0 radical (unpaired) electrons. The Labute approximate surface area is 94.1 Å². The summed E-state index contributed by atoms with van der Waals surface area (Å²) < 4.78 is 0. The second-order valence-electron chi connectivity index (χ2n) is 3.30. The van der Waals surface area contributed by atoms with Crippen LogP contribution in [0.5, 0.6) is 5.75 Å². The van der Waals surface area contributed by atoms with Crippen molar-refractivity contribution in [1.82, 2.24) is 4.98 Å². The molecular formula is C13H12N2O. The summed E-state index contributed by atoms with van der Waals surface area (Å²) in [6.07, 6.45) is 1.71. The lowest BCUT2D eigenvalue weighted by atomic mass is 10.1. The molecular weight excluding hydrogens is 200 g/mol. The van der Waals surface area contributed by atoms with Crippen molar-refractivity contribution in [3.05, 3.63) is 59.9 Å². The Bertz CT molecular complexity index is 506. The van der Waals surface area contributed by atoms with E-state index in [9.17, 15) is 5.11 Å². The number of hydrogen-bond donors (Lipinski definition) is 1. The summed E-state index contributed by atoms with van der Waals surface area (Å²) >= 11 is 0. The van der Waals surface area contributed by atoms with Crippen molar-refractivity contribution in [2.75, 3.05) is 7.05 Å². The molecule has 1 N–H and O–H groups in total. The number of aromatic nitrogens is 1. The summed E-state index contributed by atoms with van der Waals surface area (Å²) in [6, 6.07) is 12.7. The number of pyridine rings is 1. The van der Waals surface area contributed by atoms with E-state index < -0.39 is 0 Å². The number of rotatable bonds is 2. The topological polar surface area (TPSA) is 45.5 Å². The third-order valence-corrected chi connectivity index (χ3v) is 2.29. The maximum atomic E-state index is 9.76. The number of para-hydroxylation sites is 1. The van der Waals surface area contributed by atoms with Crippen LogP contribution >= 0.6 is 0 Å². The number of phenolic OH excluding ortho intramolecular Hbond substituents is 1. The summed E-state index contributed by atoms with van der Waals surface area (Å²) in [6.45, 7) is 0. The van der Waals surface area contributed by atoms with E-state index in [1.54, 1.807) is 25.4 Å². The fourth-order valence-electron chi connectivity index (χ4n) is 1.55. The minimum absolute atomic E-state index is 0.216. The van der Waals surface area contributed by atoms with E-state index in [-0.39, 0.29) is 5.75 Å². The monoisotopic (exact) mass is 212 g/mol. The van der Waals surface area contributed by atoms with E-state index in [0.717, 1.165) is 5.69 Å². The second-order valence-corrected chi connectivity index (χ2v) is 3.30. The lowest BCUT2D eigenvalue weighted by molar-refractivity contribution is 0.474.